The first kappa shape index (κ1) is 30.9. The number of benzene rings is 2. The first-order chi connectivity index (χ1) is 17.9. The summed E-state index contributed by atoms with van der Waals surface area (Å²) < 4.78 is 5.44. The monoisotopic (exact) mass is 523 g/mol. The van der Waals surface area contributed by atoms with Gasteiger partial charge in [-0.2, -0.15) is 0 Å². The molecule has 0 fully saturated rings. The molecule has 0 aliphatic rings. The summed E-state index contributed by atoms with van der Waals surface area (Å²) in [6, 6.07) is 15.5. The molecule has 0 aromatic heterocycles. The molecule has 3 amide bonds. The number of hydrogen-bond acceptors (Lipinski definition) is 4. The van der Waals surface area contributed by atoms with Crippen molar-refractivity contribution in [2.45, 2.75) is 98.5 Å². The maximum Gasteiger partial charge on any atom is 0.408 e. The fourth-order valence-corrected chi connectivity index (χ4v) is 4.16. The molecule has 2 aromatic carbocycles. The average molecular weight is 524 g/mol. The van der Waals surface area contributed by atoms with Crippen molar-refractivity contribution in [2.75, 3.05) is 0 Å². The van der Waals surface area contributed by atoms with Crippen molar-refractivity contribution >= 4 is 17.9 Å². The Bertz CT molecular complexity index is 1050. The quantitative estimate of drug-likeness (QED) is 0.391. The molecule has 3 atom stereocenters. The van der Waals surface area contributed by atoms with Crippen molar-refractivity contribution in [2.24, 2.45) is 5.92 Å². The molecule has 2 N–H and O–H groups in total. The second-order valence-electron chi connectivity index (χ2n) is 11.1. The Morgan fingerprint density at radius 1 is 0.895 bits per heavy atom. The van der Waals surface area contributed by atoms with E-state index in [1.54, 1.807) is 25.7 Å². The zero-order valence-electron chi connectivity index (χ0n) is 24.2. The summed E-state index contributed by atoms with van der Waals surface area (Å²) >= 11 is 0. The summed E-state index contributed by atoms with van der Waals surface area (Å²) in [6.45, 7) is 15.4. The van der Waals surface area contributed by atoms with Crippen molar-refractivity contribution in [3.63, 3.8) is 0 Å². The third-order valence-corrected chi connectivity index (χ3v) is 6.46. The first-order valence-electron chi connectivity index (χ1n) is 13.6. The van der Waals surface area contributed by atoms with Crippen LogP contribution in [0.2, 0.25) is 0 Å². The first-order valence-corrected chi connectivity index (χ1v) is 13.6. The third kappa shape index (κ3) is 8.89. The number of amides is 3. The van der Waals surface area contributed by atoms with Gasteiger partial charge in [-0.3, -0.25) is 9.59 Å². The van der Waals surface area contributed by atoms with Crippen LogP contribution in [0.25, 0.3) is 0 Å². The van der Waals surface area contributed by atoms with Crippen molar-refractivity contribution in [3.8, 4) is 0 Å². The number of hydrogen-bond donors (Lipinski definition) is 2. The molecule has 0 spiro atoms. The van der Waals surface area contributed by atoms with Crippen molar-refractivity contribution in [1.29, 1.82) is 0 Å². The van der Waals surface area contributed by atoms with Crippen LogP contribution in [0.3, 0.4) is 0 Å². The van der Waals surface area contributed by atoms with E-state index in [1.807, 2.05) is 82.3 Å². The minimum absolute atomic E-state index is 0.225. The second kappa shape index (κ2) is 14.0. The van der Waals surface area contributed by atoms with Gasteiger partial charge in [0.05, 0.1) is 0 Å². The second-order valence-corrected chi connectivity index (χ2v) is 11.1. The zero-order valence-corrected chi connectivity index (χ0v) is 24.2. The van der Waals surface area contributed by atoms with Gasteiger partial charge in [0, 0.05) is 12.6 Å². The van der Waals surface area contributed by atoms with Gasteiger partial charge < -0.3 is 20.3 Å². The molecule has 0 heterocycles. The molecule has 0 radical (unpaired) electrons. The average Bonchev–Trinajstić information content (AvgIpc) is 2.87. The van der Waals surface area contributed by atoms with Crippen LogP contribution in [0.4, 0.5) is 4.79 Å². The number of nitrogens with zero attached hydrogens (tertiary/aromatic N) is 1. The molecule has 2 aromatic rings. The van der Waals surface area contributed by atoms with E-state index in [9.17, 15) is 14.4 Å². The number of carbonyl (C=O) groups excluding carboxylic acids is 3. The Hall–Kier alpha value is -3.35. The highest BCUT2D eigenvalue weighted by molar-refractivity contribution is 5.92. The van der Waals surface area contributed by atoms with E-state index in [0.717, 1.165) is 23.1 Å². The zero-order chi connectivity index (χ0) is 28.5. The molecule has 0 aliphatic carbocycles. The maximum absolute atomic E-state index is 14.2. The van der Waals surface area contributed by atoms with Crippen LogP contribution in [-0.2, 0) is 27.3 Å². The highest BCUT2D eigenvalue weighted by Crippen LogP contribution is 2.28. The molecule has 3 unspecified atom stereocenters. The molecule has 208 valence electrons. The minimum Gasteiger partial charge on any atom is -0.444 e. The van der Waals surface area contributed by atoms with Crippen LogP contribution in [0.15, 0.2) is 54.6 Å². The lowest BCUT2D eigenvalue weighted by Gasteiger charge is -2.39. The lowest BCUT2D eigenvalue weighted by Crippen LogP contribution is -2.57. The van der Waals surface area contributed by atoms with Crippen LogP contribution >= 0.6 is 0 Å². The molecular formula is C31H45N3O4. The van der Waals surface area contributed by atoms with Gasteiger partial charge in [-0.25, -0.2) is 4.79 Å². The normalized spacial score (nSPS) is 13.8. The van der Waals surface area contributed by atoms with Gasteiger partial charge in [0.15, 0.2) is 0 Å². The fourth-order valence-electron chi connectivity index (χ4n) is 4.16. The summed E-state index contributed by atoms with van der Waals surface area (Å²) in [6.07, 6.45) is 0.846. The topological polar surface area (TPSA) is 87.7 Å². The van der Waals surface area contributed by atoms with E-state index < -0.39 is 23.8 Å². The predicted octanol–water partition coefficient (Wildman–Crippen LogP) is 5.78. The van der Waals surface area contributed by atoms with E-state index in [1.165, 1.54) is 0 Å². The smallest absolute Gasteiger partial charge is 0.408 e. The molecule has 0 aliphatic heterocycles. The van der Waals surface area contributed by atoms with Crippen LogP contribution in [0.1, 0.15) is 84.5 Å². The molecular weight excluding hydrogens is 478 g/mol. The summed E-state index contributed by atoms with van der Waals surface area (Å²) in [4.78, 5) is 42.3. The summed E-state index contributed by atoms with van der Waals surface area (Å²) in [5, 5.41) is 5.81. The highest BCUT2D eigenvalue weighted by Gasteiger charge is 2.39. The van der Waals surface area contributed by atoms with Gasteiger partial charge in [0.2, 0.25) is 11.8 Å². The van der Waals surface area contributed by atoms with Crippen LogP contribution in [0, 0.1) is 5.92 Å². The van der Waals surface area contributed by atoms with E-state index >= 15 is 0 Å². The van der Waals surface area contributed by atoms with E-state index in [4.69, 9.17) is 4.74 Å². The number of alkyl carbamates (subject to hydrolysis) is 1. The van der Waals surface area contributed by atoms with E-state index in [2.05, 4.69) is 17.6 Å². The van der Waals surface area contributed by atoms with E-state index in [0.29, 0.717) is 13.0 Å². The van der Waals surface area contributed by atoms with Crippen molar-refractivity contribution in [3.05, 3.63) is 71.3 Å². The molecule has 38 heavy (non-hydrogen) atoms. The van der Waals surface area contributed by atoms with E-state index in [-0.39, 0.29) is 23.8 Å². The lowest BCUT2D eigenvalue weighted by atomic mass is 9.96. The van der Waals surface area contributed by atoms with Gasteiger partial charge in [-0.1, -0.05) is 82.3 Å². The highest BCUT2D eigenvalue weighted by atomic mass is 16.6. The molecule has 7 nitrogen and oxygen atoms in total. The Labute approximate surface area is 228 Å². The maximum atomic E-state index is 14.2. The molecule has 0 saturated carbocycles. The van der Waals surface area contributed by atoms with Crippen LogP contribution < -0.4 is 10.6 Å². The lowest BCUT2D eigenvalue weighted by molar-refractivity contribution is -0.146. The van der Waals surface area contributed by atoms with Crippen molar-refractivity contribution < 1.29 is 19.1 Å². The summed E-state index contributed by atoms with van der Waals surface area (Å²) in [7, 11) is 0. The number of ether oxygens (including phenoxy) is 1. The fraction of sp³-hybridized carbons (Fsp3) is 0.516. The van der Waals surface area contributed by atoms with Gasteiger partial charge in [0.1, 0.15) is 17.7 Å². The summed E-state index contributed by atoms with van der Waals surface area (Å²) in [5.74, 6) is -0.816. The van der Waals surface area contributed by atoms with Gasteiger partial charge >= 0.3 is 6.09 Å². The summed E-state index contributed by atoms with van der Waals surface area (Å²) in [5.41, 5.74) is 2.13. The molecule has 7 heteroatoms. The Kier molecular flexibility index (Phi) is 11.4. The van der Waals surface area contributed by atoms with Crippen LogP contribution in [-0.4, -0.2) is 40.5 Å². The Morgan fingerprint density at radius 2 is 1.50 bits per heavy atom. The molecule has 2 rings (SSSR count). The Morgan fingerprint density at radius 3 is 2.00 bits per heavy atom. The SMILES string of the molecule is CCc1ccc(C(C(=O)NCc2ccccc2)N(C(=O)C(NC(=O)OC(C)(C)C)C(C)C)C(C)CC)cc1. The standard InChI is InChI=1S/C31H45N3O4/c1-9-22(5)34(29(36)26(21(3)4)33-30(37)38-31(6,7)8)27(25-18-16-23(10-2)17-19-25)28(35)32-20-24-14-12-11-13-15-24/h11-19,21-22,26-27H,9-10,20H2,1-8H3,(H,32,35)(H,33,37). The van der Waals surface area contributed by atoms with Crippen molar-refractivity contribution in [1.82, 2.24) is 15.5 Å². The molecule has 0 saturated heterocycles. The van der Waals surface area contributed by atoms with Crippen LogP contribution in [0.5, 0.6) is 0 Å². The minimum atomic E-state index is -0.867. The largest absolute Gasteiger partial charge is 0.444 e. The number of rotatable bonds is 11. The molecule has 0 bridgehead atoms. The number of nitrogens with one attached hydrogen (secondary N) is 2. The predicted molar refractivity (Wildman–Crippen MR) is 151 cm³/mol. The number of carbonyl (C=O) groups is 3. The van der Waals surface area contributed by atoms with Gasteiger partial charge in [0.25, 0.3) is 0 Å². The number of aryl methyl sites for hydroxylation is 1. The van der Waals surface area contributed by atoms with Gasteiger partial charge in [-0.15, -0.1) is 0 Å². The Balaban J connectivity index is 2.48. The third-order valence-electron chi connectivity index (χ3n) is 6.46. The van der Waals surface area contributed by atoms with Gasteiger partial charge in [-0.05, 0) is 63.1 Å².